The second-order valence-electron chi connectivity index (χ2n) is 32.4. The molecule has 0 amide bonds. The van der Waals surface area contributed by atoms with Gasteiger partial charge in [-0.2, -0.15) is 0 Å². The van der Waals surface area contributed by atoms with E-state index in [-0.39, 0.29) is 0 Å². The van der Waals surface area contributed by atoms with Crippen molar-refractivity contribution in [2.75, 3.05) is 0 Å². The van der Waals surface area contributed by atoms with Crippen LogP contribution in [0.3, 0.4) is 0 Å². The van der Waals surface area contributed by atoms with Crippen molar-refractivity contribution in [3.63, 3.8) is 0 Å². The fraction of sp³-hybridized carbons (Fsp3) is 0.156. The number of hydrogen-bond donors (Lipinski definition) is 0. The lowest BCUT2D eigenvalue weighted by Gasteiger charge is -2.09. The molecule has 0 bridgehead atoms. The van der Waals surface area contributed by atoms with E-state index in [0.29, 0.717) is 11.8 Å². The Hall–Kier alpha value is -13.6. The molecule has 20 rings (SSSR count). The molecule has 0 saturated carbocycles. The van der Waals surface area contributed by atoms with Crippen molar-refractivity contribution in [1.29, 1.82) is 0 Å². The van der Waals surface area contributed by atoms with Gasteiger partial charge in [0.05, 0.1) is 22.3 Å². The molecule has 574 valence electrons. The van der Waals surface area contributed by atoms with Crippen LogP contribution in [-0.4, -0.2) is 0 Å². The number of furan rings is 4. The maximum Gasteiger partial charge on any atom is 0.216 e. The molecule has 0 spiro atoms. The number of hydrogen-bond acceptors (Lipinski definition) is 4. The van der Waals surface area contributed by atoms with Crippen LogP contribution in [0.4, 0.5) is 0 Å². The van der Waals surface area contributed by atoms with Crippen molar-refractivity contribution in [2.24, 2.45) is 34.1 Å². The van der Waals surface area contributed by atoms with Crippen LogP contribution < -0.4 is 18.3 Å². The van der Waals surface area contributed by atoms with E-state index in [2.05, 4.69) is 383 Å². The monoisotopic (exact) mass is 1530 g/mol. The topological polar surface area (TPSA) is 68.1 Å². The summed E-state index contributed by atoms with van der Waals surface area (Å²) in [6.45, 7) is 21.8. The predicted octanol–water partition coefficient (Wildman–Crippen LogP) is 27.2. The molecule has 8 heterocycles. The van der Waals surface area contributed by atoms with E-state index in [4.69, 9.17) is 17.7 Å². The highest BCUT2D eigenvalue weighted by Crippen LogP contribution is 2.43. The zero-order chi connectivity index (χ0) is 80.9. The molecule has 0 fully saturated rings. The molecule has 0 atom stereocenters. The second-order valence-corrected chi connectivity index (χ2v) is 32.4. The smallest absolute Gasteiger partial charge is 0.216 e. The summed E-state index contributed by atoms with van der Waals surface area (Å²) in [5, 5.41) is 9.33. The molecule has 8 nitrogen and oxygen atoms in total. The molecular formula is C109H98N4O4+4. The van der Waals surface area contributed by atoms with Crippen LogP contribution in [0.1, 0.15) is 78.1 Å². The molecule has 117 heavy (non-hydrogen) atoms. The van der Waals surface area contributed by atoms with Gasteiger partial charge in [0.2, 0.25) is 22.8 Å². The number of aryl methyl sites for hydroxylation is 10. The predicted molar refractivity (Wildman–Crippen MR) is 484 cm³/mol. The van der Waals surface area contributed by atoms with E-state index < -0.39 is 0 Å². The first-order valence-electron chi connectivity index (χ1n) is 40.7. The minimum absolute atomic E-state index is 0.546. The van der Waals surface area contributed by atoms with E-state index >= 15 is 0 Å². The molecule has 0 aliphatic carbocycles. The highest BCUT2D eigenvalue weighted by atomic mass is 16.3. The zero-order valence-electron chi connectivity index (χ0n) is 69.3. The Balaban J connectivity index is 0.000000112. The standard InChI is InChI=1S/C29H28NO.C28H26NO.2C26H22NO/c1-19(2)17-21-10-12-22(13-11-21)23-14-16-26(30(4)18-23)28-20(3)9-15-25-24-7-5-6-8-27(24)31-29(25)28;1-18(2)20-10-12-21(13-11-20)22-14-16-25(29(4)17-22)27-19(3)9-15-24-23-7-5-6-8-26(23)30-28(24)27;1-17-7-6-8-19(15-17)20-12-14-23(27(3)16-20)25-18(2)11-13-22-21-9-4-5-10-24(21)28-26(22)25;1-17-8-11-19(12-9-17)20-13-15-23(27(3)16-20)25-18(2)10-14-22-21-6-4-5-7-24(21)28-26(22)25/h5-16,18-19H,17H2,1-4H3;5-18H,1-4H3;2*4-16H,1-3H3/q4*+1. The lowest BCUT2D eigenvalue weighted by molar-refractivity contribution is -0.660. The first kappa shape index (κ1) is 76.1. The average molecular weight is 1530 g/mol. The highest BCUT2D eigenvalue weighted by Gasteiger charge is 2.27. The van der Waals surface area contributed by atoms with E-state index in [1.165, 1.54) is 121 Å². The number of rotatable bonds is 11. The molecular weight excluding hydrogens is 1430 g/mol. The molecule has 20 aromatic rings. The SMILES string of the molecule is Cc1ccc(-c2ccc(-c3c(C)ccc4c3oc3ccccc34)[n+](C)c2)cc1.Cc1ccc2c(oc3ccccc32)c1-c1ccc(-c2ccc(C(C)C)cc2)c[n+]1C.Cc1ccc2c(oc3ccccc32)c1-c1ccc(-c2ccc(CC(C)C)cc2)c[n+]1C.Cc1cccc(-c2ccc(-c3c(C)ccc4c3oc3ccccc34)[n+](C)c2)c1. The lowest BCUT2D eigenvalue weighted by Crippen LogP contribution is -2.31. The Morgan fingerprint density at radius 2 is 0.538 bits per heavy atom. The van der Waals surface area contributed by atoms with Crippen LogP contribution in [-0.2, 0) is 34.6 Å². The second kappa shape index (κ2) is 32.0. The van der Waals surface area contributed by atoms with Crippen molar-refractivity contribution in [3.05, 3.63) is 360 Å². The van der Waals surface area contributed by atoms with Gasteiger partial charge in [0.15, 0.2) is 24.8 Å². The van der Waals surface area contributed by atoms with E-state index in [9.17, 15) is 0 Å². The fourth-order valence-corrected chi connectivity index (χ4v) is 16.9. The van der Waals surface area contributed by atoms with Crippen molar-refractivity contribution in [1.82, 2.24) is 0 Å². The number of benzene rings is 12. The molecule has 8 heteroatoms. The van der Waals surface area contributed by atoms with E-state index in [1.54, 1.807) is 0 Å². The summed E-state index contributed by atoms with van der Waals surface area (Å²) in [6, 6.07) is 103. The summed E-state index contributed by atoms with van der Waals surface area (Å²) in [6.07, 6.45) is 9.94. The first-order chi connectivity index (χ1) is 56.8. The molecule has 0 N–H and O–H groups in total. The van der Waals surface area contributed by atoms with Gasteiger partial charge in [-0.25, -0.2) is 18.3 Å². The third kappa shape index (κ3) is 15.0. The summed E-state index contributed by atoms with van der Waals surface area (Å²) in [7, 11) is 8.44. The zero-order valence-corrected chi connectivity index (χ0v) is 69.3. The van der Waals surface area contributed by atoms with Gasteiger partial charge in [0.25, 0.3) is 0 Å². The minimum atomic E-state index is 0.546. The maximum atomic E-state index is 6.32. The number of aromatic nitrogens is 4. The summed E-state index contributed by atoms with van der Waals surface area (Å²) < 4.78 is 34.0. The van der Waals surface area contributed by atoms with Crippen LogP contribution in [0.2, 0.25) is 0 Å². The van der Waals surface area contributed by atoms with Gasteiger partial charge in [0.1, 0.15) is 72.9 Å². The van der Waals surface area contributed by atoms with Gasteiger partial charge in [-0.05, 0) is 164 Å². The van der Waals surface area contributed by atoms with Gasteiger partial charge in [-0.15, -0.1) is 0 Å². The van der Waals surface area contributed by atoms with E-state index in [0.717, 1.165) is 107 Å². The van der Waals surface area contributed by atoms with Crippen molar-refractivity contribution < 1.29 is 35.9 Å². The normalized spacial score (nSPS) is 11.5. The largest absolute Gasteiger partial charge is 0.455 e. The van der Waals surface area contributed by atoms with E-state index in [1.807, 2.05) is 48.5 Å². The Morgan fingerprint density at radius 3 is 0.838 bits per heavy atom. The Morgan fingerprint density at radius 1 is 0.248 bits per heavy atom. The van der Waals surface area contributed by atoms with Gasteiger partial charge in [-0.1, -0.05) is 257 Å². The van der Waals surface area contributed by atoms with Crippen molar-refractivity contribution in [3.8, 4) is 89.5 Å². The molecule has 0 unspecified atom stereocenters. The quantitative estimate of drug-likeness (QED) is 0.121. The third-order valence-electron chi connectivity index (χ3n) is 23.2. The Kier molecular flexibility index (Phi) is 20.8. The molecule has 0 radical (unpaired) electrons. The first-order valence-corrected chi connectivity index (χ1v) is 40.7. The van der Waals surface area contributed by atoms with Crippen LogP contribution in [0.15, 0.2) is 334 Å². The molecule has 8 aromatic heterocycles. The van der Waals surface area contributed by atoms with Crippen LogP contribution >= 0.6 is 0 Å². The molecule has 0 aliphatic heterocycles. The lowest BCUT2D eigenvalue weighted by atomic mass is 9.98. The van der Waals surface area contributed by atoms with Gasteiger partial charge < -0.3 is 17.7 Å². The van der Waals surface area contributed by atoms with Crippen LogP contribution in [0.25, 0.3) is 177 Å². The summed E-state index contributed by atoms with van der Waals surface area (Å²) in [5.74, 6) is 1.22. The summed E-state index contributed by atoms with van der Waals surface area (Å²) in [5.41, 5.74) is 36.8. The summed E-state index contributed by atoms with van der Waals surface area (Å²) >= 11 is 0. The fourth-order valence-electron chi connectivity index (χ4n) is 16.9. The Bertz CT molecular complexity index is 7150. The Labute approximate surface area is 685 Å². The van der Waals surface area contributed by atoms with Gasteiger partial charge in [0, 0.05) is 89.6 Å². The van der Waals surface area contributed by atoms with Crippen molar-refractivity contribution in [2.45, 2.75) is 81.6 Å². The maximum absolute atomic E-state index is 6.32. The van der Waals surface area contributed by atoms with Crippen LogP contribution in [0.5, 0.6) is 0 Å². The van der Waals surface area contributed by atoms with Crippen LogP contribution in [0, 0.1) is 47.5 Å². The number of para-hydroxylation sites is 4. The summed E-state index contributed by atoms with van der Waals surface area (Å²) in [4.78, 5) is 0. The molecule has 12 aromatic carbocycles. The minimum Gasteiger partial charge on any atom is -0.455 e. The average Bonchev–Trinajstić information content (AvgIpc) is 1.63. The number of fused-ring (bicyclic) bond motifs is 12. The number of nitrogens with zero attached hydrogens (tertiary/aromatic N) is 4. The van der Waals surface area contributed by atoms with Gasteiger partial charge in [-0.3, -0.25) is 0 Å². The number of pyridine rings is 4. The third-order valence-corrected chi connectivity index (χ3v) is 23.2. The molecule has 0 aliphatic rings. The highest BCUT2D eigenvalue weighted by molar-refractivity contribution is 6.13. The molecule has 0 saturated heterocycles. The van der Waals surface area contributed by atoms with Crippen molar-refractivity contribution >= 4 is 87.8 Å². The van der Waals surface area contributed by atoms with Gasteiger partial charge >= 0.3 is 0 Å².